The van der Waals surface area contributed by atoms with Crippen molar-refractivity contribution >= 4 is 0 Å². The molecule has 0 aliphatic heterocycles. The van der Waals surface area contributed by atoms with Gasteiger partial charge in [0, 0.05) is 0 Å². The van der Waals surface area contributed by atoms with Gasteiger partial charge >= 0.3 is 0 Å². The Morgan fingerprint density at radius 3 is 2.36 bits per heavy atom. The highest BCUT2D eigenvalue weighted by molar-refractivity contribution is 5.26. The van der Waals surface area contributed by atoms with Crippen molar-refractivity contribution in [3.05, 3.63) is 54.5 Å². The predicted molar refractivity (Wildman–Crippen MR) is 63.2 cm³/mol. The van der Waals surface area contributed by atoms with E-state index in [1.54, 1.807) is 0 Å². The van der Waals surface area contributed by atoms with Crippen LogP contribution in [0.5, 0.6) is 0 Å². The van der Waals surface area contributed by atoms with Crippen molar-refractivity contribution in [2.24, 2.45) is 0 Å². The number of allylic oxidation sites excluding steroid dienone is 2. The molecule has 0 aliphatic rings. The van der Waals surface area contributed by atoms with Crippen molar-refractivity contribution in [2.75, 3.05) is 0 Å². The van der Waals surface area contributed by atoms with Gasteiger partial charge in [0.2, 0.25) is 0 Å². The molecular weight excluding hydrogens is 168 g/mol. The van der Waals surface area contributed by atoms with Gasteiger partial charge in [0.05, 0.1) is 0 Å². The number of hydrogen-bond acceptors (Lipinski definition) is 0. The number of benzene rings is 1. The van der Waals surface area contributed by atoms with Crippen molar-refractivity contribution in [3.63, 3.8) is 0 Å². The van der Waals surface area contributed by atoms with Crippen LogP contribution < -0.4 is 0 Å². The second-order valence-electron chi connectivity index (χ2n) is 4.41. The maximum atomic E-state index is 4.27. The van der Waals surface area contributed by atoms with Crippen molar-refractivity contribution in [1.82, 2.24) is 0 Å². The summed E-state index contributed by atoms with van der Waals surface area (Å²) in [6.07, 6.45) is 3.25. The molecule has 0 N–H and O–H groups in total. The van der Waals surface area contributed by atoms with Gasteiger partial charge in [-0.25, -0.2) is 0 Å². The maximum absolute atomic E-state index is 4.27. The highest BCUT2D eigenvalue weighted by atomic mass is 14.2. The lowest BCUT2D eigenvalue weighted by atomic mass is 9.81. The maximum Gasteiger partial charge on any atom is -0.00404 e. The molecule has 1 aromatic carbocycles. The van der Waals surface area contributed by atoms with Crippen molar-refractivity contribution in [2.45, 2.75) is 32.6 Å². The zero-order valence-corrected chi connectivity index (χ0v) is 9.38. The molecule has 0 saturated carbocycles. The van der Waals surface area contributed by atoms with Gasteiger partial charge in [-0.1, -0.05) is 48.9 Å². The smallest absolute Gasteiger partial charge is 0.00404 e. The van der Waals surface area contributed by atoms with E-state index in [0.717, 1.165) is 6.42 Å². The zero-order valence-electron chi connectivity index (χ0n) is 9.38. The Labute approximate surface area is 87.7 Å². The Morgan fingerprint density at radius 2 is 1.86 bits per heavy atom. The Bertz CT molecular complexity index is 300. The molecule has 75 valence electrons. The molecule has 0 heteroatoms. The average Bonchev–Trinajstić information content (AvgIpc) is 2.16. The molecule has 0 fully saturated rings. The summed E-state index contributed by atoms with van der Waals surface area (Å²) in [4.78, 5) is 0. The fourth-order valence-electron chi connectivity index (χ4n) is 1.39. The van der Waals surface area contributed by atoms with Gasteiger partial charge in [0.1, 0.15) is 0 Å². The summed E-state index contributed by atoms with van der Waals surface area (Å²) in [6, 6.07) is 10.5. The molecule has 0 saturated heterocycles. The van der Waals surface area contributed by atoms with Crippen LogP contribution in [-0.2, 0) is 5.41 Å². The van der Waals surface area contributed by atoms with E-state index in [1.165, 1.54) is 11.1 Å². The summed E-state index contributed by atoms with van der Waals surface area (Å²) in [7, 11) is 0. The Hall–Kier alpha value is -1.04. The molecule has 0 heterocycles. The average molecular weight is 187 g/mol. The monoisotopic (exact) mass is 187 g/mol. The molecule has 0 aliphatic carbocycles. The molecule has 0 bridgehead atoms. The van der Waals surface area contributed by atoms with Gasteiger partial charge in [-0.15, -0.1) is 0 Å². The minimum Gasteiger partial charge on any atom is -0.0850 e. The summed E-state index contributed by atoms with van der Waals surface area (Å²) < 4.78 is 0. The van der Waals surface area contributed by atoms with Crippen LogP contribution in [0.25, 0.3) is 0 Å². The highest BCUT2D eigenvalue weighted by Gasteiger charge is 2.18. The van der Waals surface area contributed by atoms with Gasteiger partial charge in [-0.3, -0.25) is 0 Å². The third-order valence-electron chi connectivity index (χ3n) is 2.43. The molecule has 0 amide bonds. The van der Waals surface area contributed by atoms with Gasteiger partial charge < -0.3 is 0 Å². The minimum absolute atomic E-state index is 0.00146. The molecule has 0 aromatic heterocycles. The Balaban J connectivity index is 2.81. The first-order valence-electron chi connectivity index (χ1n) is 5.06. The minimum atomic E-state index is -0.00146. The largest absolute Gasteiger partial charge is 0.0850 e. The summed E-state index contributed by atoms with van der Waals surface area (Å²) in [5, 5.41) is 0. The number of rotatable bonds is 3. The SMILES string of the molecule is [CH2]C(C)(CC=C(C)C)c1ccccc1. The van der Waals surface area contributed by atoms with E-state index in [1.807, 2.05) is 6.07 Å². The molecule has 1 unspecified atom stereocenters. The van der Waals surface area contributed by atoms with E-state index in [0.29, 0.717) is 0 Å². The van der Waals surface area contributed by atoms with Gasteiger partial charge in [-0.05, 0) is 38.2 Å². The van der Waals surface area contributed by atoms with Crippen LogP contribution in [0.4, 0.5) is 0 Å². The third-order valence-corrected chi connectivity index (χ3v) is 2.43. The molecule has 1 radical (unpaired) electrons. The van der Waals surface area contributed by atoms with E-state index in [2.05, 4.69) is 58.0 Å². The van der Waals surface area contributed by atoms with Crippen LogP contribution in [0.15, 0.2) is 42.0 Å². The first kappa shape index (κ1) is 11.0. The molecule has 14 heavy (non-hydrogen) atoms. The van der Waals surface area contributed by atoms with Gasteiger partial charge in [0.25, 0.3) is 0 Å². The van der Waals surface area contributed by atoms with E-state index in [4.69, 9.17) is 0 Å². The van der Waals surface area contributed by atoms with Gasteiger partial charge in [-0.2, -0.15) is 0 Å². The molecule has 1 rings (SSSR count). The first-order valence-corrected chi connectivity index (χ1v) is 5.06. The van der Waals surface area contributed by atoms with Crippen LogP contribution in [0, 0.1) is 6.92 Å². The fraction of sp³-hybridized carbons (Fsp3) is 0.357. The van der Waals surface area contributed by atoms with E-state index in [-0.39, 0.29) is 5.41 Å². The van der Waals surface area contributed by atoms with Crippen molar-refractivity contribution in [3.8, 4) is 0 Å². The van der Waals surface area contributed by atoms with E-state index < -0.39 is 0 Å². The van der Waals surface area contributed by atoms with Crippen molar-refractivity contribution < 1.29 is 0 Å². The lowest BCUT2D eigenvalue weighted by Gasteiger charge is -2.23. The zero-order chi connectivity index (χ0) is 10.6. The van der Waals surface area contributed by atoms with E-state index >= 15 is 0 Å². The normalized spacial score (nSPS) is 11.1. The highest BCUT2D eigenvalue weighted by Crippen LogP contribution is 2.26. The van der Waals surface area contributed by atoms with Crippen LogP contribution in [0.3, 0.4) is 0 Å². The Morgan fingerprint density at radius 1 is 1.29 bits per heavy atom. The molecule has 1 atom stereocenters. The second kappa shape index (κ2) is 4.45. The molecule has 1 aromatic rings. The standard InChI is InChI=1S/C14H19/c1-12(2)10-11-14(3,4)13-8-6-5-7-9-13/h5-10H,3,11H2,1-2,4H3. The molecule has 0 spiro atoms. The predicted octanol–water partition coefficient (Wildman–Crippen LogP) is 4.13. The number of hydrogen-bond donors (Lipinski definition) is 0. The van der Waals surface area contributed by atoms with Crippen LogP contribution in [0.2, 0.25) is 0 Å². The molecule has 0 nitrogen and oxygen atoms in total. The first-order chi connectivity index (χ1) is 6.52. The Kier molecular flexibility index (Phi) is 3.51. The fourth-order valence-corrected chi connectivity index (χ4v) is 1.39. The second-order valence-corrected chi connectivity index (χ2v) is 4.41. The summed E-state index contributed by atoms with van der Waals surface area (Å²) >= 11 is 0. The lowest BCUT2D eigenvalue weighted by molar-refractivity contribution is 0.598. The van der Waals surface area contributed by atoms with E-state index in [9.17, 15) is 0 Å². The molecular formula is C14H19. The topological polar surface area (TPSA) is 0 Å². The third kappa shape index (κ3) is 3.02. The van der Waals surface area contributed by atoms with Crippen LogP contribution in [0.1, 0.15) is 32.8 Å². The van der Waals surface area contributed by atoms with Crippen LogP contribution >= 0.6 is 0 Å². The quantitative estimate of drug-likeness (QED) is 0.624. The summed E-state index contributed by atoms with van der Waals surface area (Å²) in [6.45, 7) is 10.7. The van der Waals surface area contributed by atoms with Gasteiger partial charge in [0.15, 0.2) is 0 Å². The lowest BCUT2D eigenvalue weighted by Crippen LogP contribution is -2.16. The van der Waals surface area contributed by atoms with Crippen molar-refractivity contribution in [1.29, 1.82) is 0 Å². The summed E-state index contributed by atoms with van der Waals surface area (Å²) in [5.41, 5.74) is 2.66. The summed E-state index contributed by atoms with van der Waals surface area (Å²) in [5.74, 6) is 0. The van der Waals surface area contributed by atoms with Crippen LogP contribution in [-0.4, -0.2) is 0 Å².